The van der Waals surface area contributed by atoms with E-state index in [-0.39, 0.29) is 11.4 Å². The number of nitrogens with one attached hydrogen (secondary N) is 1. The summed E-state index contributed by atoms with van der Waals surface area (Å²) in [5.41, 5.74) is 3.71. The highest BCUT2D eigenvalue weighted by Gasteiger charge is 2.42. The molecule has 0 atom stereocenters. The first kappa shape index (κ1) is 11.4. The third-order valence-electron chi connectivity index (χ3n) is 3.82. The van der Waals surface area contributed by atoms with Gasteiger partial charge in [0.25, 0.3) is 0 Å². The maximum absolute atomic E-state index is 12.9. The molecule has 0 radical (unpaired) electrons. The fraction of sp³-hybridized carbons (Fsp3) is 0.250. The summed E-state index contributed by atoms with van der Waals surface area (Å²) in [5.74, 6) is -0.191. The molecule has 0 saturated heterocycles. The number of benzene rings is 2. The van der Waals surface area contributed by atoms with Gasteiger partial charge in [-0.25, -0.2) is 4.39 Å². The smallest absolute Gasteiger partial charge is 0.123 e. The van der Waals surface area contributed by atoms with Gasteiger partial charge in [-0.3, -0.25) is 0 Å². The van der Waals surface area contributed by atoms with E-state index in [2.05, 4.69) is 29.6 Å². The Morgan fingerprint density at radius 1 is 1.00 bits per heavy atom. The molecule has 0 unspecified atom stereocenters. The molecule has 0 heterocycles. The van der Waals surface area contributed by atoms with Crippen molar-refractivity contribution in [1.82, 2.24) is 5.32 Å². The zero-order chi connectivity index (χ0) is 12.6. The Hall–Kier alpha value is -1.67. The molecule has 1 N–H and O–H groups in total. The lowest BCUT2D eigenvalue weighted by Crippen LogP contribution is -2.24. The lowest BCUT2D eigenvalue weighted by molar-refractivity contribution is 0.586. The molecule has 0 aliphatic heterocycles. The topological polar surface area (TPSA) is 12.0 Å². The molecule has 92 valence electrons. The fourth-order valence-electron chi connectivity index (χ4n) is 2.45. The number of rotatable bonds is 3. The summed E-state index contributed by atoms with van der Waals surface area (Å²) in [6, 6.07) is 15.2. The first-order chi connectivity index (χ1) is 8.73. The van der Waals surface area contributed by atoms with E-state index >= 15 is 0 Å². The molecule has 0 amide bonds. The summed E-state index contributed by atoms with van der Waals surface area (Å²) >= 11 is 0. The van der Waals surface area contributed by atoms with E-state index in [1.54, 1.807) is 0 Å². The maximum atomic E-state index is 12.9. The van der Waals surface area contributed by atoms with Gasteiger partial charge in [-0.05, 0) is 54.8 Å². The Morgan fingerprint density at radius 3 is 2.33 bits per heavy atom. The van der Waals surface area contributed by atoms with Gasteiger partial charge < -0.3 is 5.32 Å². The predicted octanol–water partition coefficient (Wildman–Crippen LogP) is 3.70. The highest BCUT2D eigenvalue weighted by Crippen LogP contribution is 2.45. The lowest BCUT2D eigenvalue weighted by atomic mass is 9.98. The highest BCUT2D eigenvalue weighted by molar-refractivity contribution is 5.64. The van der Waals surface area contributed by atoms with Crippen molar-refractivity contribution in [1.29, 1.82) is 0 Å². The summed E-state index contributed by atoms with van der Waals surface area (Å²) in [4.78, 5) is 0. The van der Waals surface area contributed by atoms with Crippen molar-refractivity contribution in [3.63, 3.8) is 0 Å². The van der Waals surface area contributed by atoms with Gasteiger partial charge in [-0.2, -0.15) is 0 Å². The molecule has 0 spiro atoms. The summed E-state index contributed by atoms with van der Waals surface area (Å²) in [6.07, 6.45) is 2.38. The summed E-state index contributed by atoms with van der Waals surface area (Å²) in [7, 11) is 2.01. The largest absolute Gasteiger partial charge is 0.310 e. The minimum absolute atomic E-state index is 0.177. The summed E-state index contributed by atoms with van der Waals surface area (Å²) in [5, 5.41) is 3.40. The van der Waals surface area contributed by atoms with Crippen LogP contribution in [0.15, 0.2) is 48.5 Å². The number of halogens is 1. The third kappa shape index (κ3) is 1.93. The van der Waals surface area contributed by atoms with E-state index in [4.69, 9.17) is 0 Å². The van der Waals surface area contributed by atoms with Gasteiger partial charge in [-0.15, -0.1) is 0 Å². The number of hydrogen-bond donors (Lipinski definition) is 1. The molecule has 3 rings (SSSR count). The molecule has 2 heteroatoms. The zero-order valence-electron chi connectivity index (χ0n) is 10.4. The highest BCUT2D eigenvalue weighted by atomic mass is 19.1. The molecule has 1 aliphatic carbocycles. The molecule has 0 aromatic heterocycles. The van der Waals surface area contributed by atoms with Crippen molar-refractivity contribution in [2.45, 2.75) is 18.4 Å². The molecule has 1 aliphatic rings. The molecule has 1 nitrogen and oxygen atoms in total. The van der Waals surface area contributed by atoms with Crippen molar-refractivity contribution >= 4 is 0 Å². The summed E-state index contributed by atoms with van der Waals surface area (Å²) < 4.78 is 12.9. The second-order valence-electron chi connectivity index (χ2n) is 4.92. The normalized spacial score (nSPS) is 16.6. The van der Waals surface area contributed by atoms with Gasteiger partial charge >= 0.3 is 0 Å². The molecule has 0 bridgehead atoms. The van der Waals surface area contributed by atoms with Crippen LogP contribution in [0.1, 0.15) is 18.4 Å². The van der Waals surface area contributed by atoms with E-state index in [1.165, 1.54) is 30.5 Å². The minimum atomic E-state index is -0.191. The Bertz CT molecular complexity index is 556. The van der Waals surface area contributed by atoms with Crippen LogP contribution in [-0.2, 0) is 5.54 Å². The van der Waals surface area contributed by atoms with Gasteiger partial charge in [0.05, 0.1) is 0 Å². The second kappa shape index (κ2) is 4.21. The molecular formula is C16H16FN. The Morgan fingerprint density at radius 2 is 1.72 bits per heavy atom. The van der Waals surface area contributed by atoms with Crippen molar-refractivity contribution in [3.8, 4) is 11.1 Å². The van der Waals surface area contributed by atoms with Crippen molar-refractivity contribution in [3.05, 3.63) is 59.9 Å². The molecule has 2 aromatic carbocycles. The van der Waals surface area contributed by atoms with Gasteiger partial charge in [-0.1, -0.05) is 30.3 Å². The van der Waals surface area contributed by atoms with Crippen LogP contribution in [0.4, 0.5) is 4.39 Å². The first-order valence-electron chi connectivity index (χ1n) is 6.29. The Kier molecular flexibility index (Phi) is 2.67. The quantitative estimate of drug-likeness (QED) is 0.864. The Labute approximate surface area is 107 Å². The van der Waals surface area contributed by atoms with Gasteiger partial charge in [0, 0.05) is 5.54 Å². The molecule has 2 aromatic rings. The molecule has 18 heavy (non-hydrogen) atoms. The first-order valence-corrected chi connectivity index (χ1v) is 6.29. The third-order valence-corrected chi connectivity index (χ3v) is 3.82. The van der Waals surface area contributed by atoms with Crippen molar-refractivity contribution in [2.24, 2.45) is 0 Å². The van der Waals surface area contributed by atoms with Crippen molar-refractivity contribution in [2.75, 3.05) is 7.05 Å². The lowest BCUT2D eigenvalue weighted by Gasteiger charge is -2.15. The van der Waals surface area contributed by atoms with E-state index in [9.17, 15) is 4.39 Å². The Balaban J connectivity index is 1.98. The minimum Gasteiger partial charge on any atom is -0.310 e. The van der Waals surface area contributed by atoms with E-state index in [1.807, 2.05) is 19.2 Å². The fourth-order valence-corrected chi connectivity index (χ4v) is 2.45. The van der Waals surface area contributed by atoms with Crippen LogP contribution in [-0.4, -0.2) is 7.05 Å². The monoisotopic (exact) mass is 241 g/mol. The predicted molar refractivity (Wildman–Crippen MR) is 71.8 cm³/mol. The zero-order valence-corrected chi connectivity index (χ0v) is 10.4. The average molecular weight is 241 g/mol. The SMILES string of the molecule is CNC1(c2cccc(-c3ccc(F)cc3)c2)CC1. The maximum Gasteiger partial charge on any atom is 0.123 e. The molecular weight excluding hydrogens is 225 g/mol. The molecule has 1 saturated carbocycles. The van der Waals surface area contributed by atoms with Crippen LogP contribution in [0.25, 0.3) is 11.1 Å². The van der Waals surface area contributed by atoms with Crippen LogP contribution in [0.2, 0.25) is 0 Å². The van der Waals surface area contributed by atoms with Crippen LogP contribution < -0.4 is 5.32 Å². The van der Waals surface area contributed by atoms with Crippen molar-refractivity contribution < 1.29 is 4.39 Å². The van der Waals surface area contributed by atoms with Crippen LogP contribution >= 0.6 is 0 Å². The van der Waals surface area contributed by atoms with Gasteiger partial charge in [0.2, 0.25) is 0 Å². The standard InChI is InChI=1S/C16H16FN/c1-18-16(9-10-16)14-4-2-3-13(11-14)12-5-7-15(17)8-6-12/h2-8,11,18H,9-10H2,1H3. The molecule has 1 fully saturated rings. The van der Waals surface area contributed by atoms with E-state index in [0.717, 1.165) is 11.1 Å². The summed E-state index contributed by atoms with van der Waals surface area (Å²) in [6.45, 7) is 0. The van der Waals surface area contributed by atoms with E-state index in [0.29, 0.717) is 0 Å². The van der Waals surface area contributed by atoms with Crippen LogP contribution in [0, 0.1) is 5.82 Å². The van der Waals surface area contributed by atoms with Crippen LogP contribution in [0.3, 0.4) is 0 Å². The second-order valence-corrected chi connectivity index (χ2v) is 4.92. The van der Waals surface area contributed by atoms with Crippen LogP contribution in [0.5, 0.6) is 0 Å². The van der Waals surface area contributed by atoms with Gasteiger partial charge in [0.15, 0.2) is 0 Å². The number of hydrogen-bond acceptors (Lipinski definition) is 1. The average Bonchev–Trinajstić information content (AvgIpc) is 3.21. The van der Waals surface area contributed by atoms with E-state index < -0.39 is 0 Å². The van der Waals surface area contributed by atoms with Gasteiger partial charge in [0.1, 0.15) is 5.82 Å².